The van der Waals surface area contributed by atoms with Gasteiger partial charge in [0.15, 0.2) is 18.5 Å². The average molecular weight is 415 g/mol. The predicted molar refractivity (Wildman–Crippen MR) is 96.5 cm³/mol. The maximum absolute atomic E-state index is 15.2. The van der Waals surface area contributed by atoms with Gasteiger partial charge in [-0.05, 0) is 25.7 Å². The van der Waals surface area contributed by atoms with Crippen molar-refractivity contribution >= 4 is 34.6 Å². The number of nitrogen functional groups attached to an aromatic ring is 1. The van der Waals surface area contributed by atoms with Gasteiger partial charge in [-0.25, -0.2) is 19.2 Å². The number of carbonyl (C=O) groups is 1. The molecule has 3 heterocycles. The third kappa shape index (κ3) is 3.36. The molecule has 0 spiro atoms. The second-order valence-corrected chi connectivity index (χ2v) is 7.30. The van der Waals surface area contributed by atoms with Gasteiger partial charge in [0.05, 0.1) is 17.0 Å². The molecule has 4 rings (SSSR count). The Kier molecular flexibility index (Phi) is 5.26. The van der Waals surface area contributed by atoms with Crippen molar-refractivity contribution in [1.82, 2.24) is 14.5 Å². The van der Waals surface area contributed by atoms with Gasteiger partial charge >= 0.3 is 6.16 Å². The summed E-state index contributed by atoms with van der Waals surface area (Å²) in [4.78, 5) is 20.0. The van der Waals surface area contributed by atoms with E-state index in [4.69, 9.17) is 31.5 Å². The van der Waals surface area contributed by atoms with E-state index in [2.05, 4.69) is 9.97 Å². The number of hydrogen-bond acceptors (Lipinski definition) is 8. The molecule has 4 atom stereocenters. The normalized spacial score (nSPS) is 28.1. The molecule has 3 N–H and O–H groups in total. The van der Waals surface area contributed by atoms with Crippen LogP contribution in [0.15, 0.2) is 12.5 Å². The van der Waals surface area contributed by atoms with Crippen LogP contribution >= 0.6 is 11.6 Å². The maximum atomic E-state index is 15.2. The molecule has 28 heavy (non-hydrogen) atoms. The Morgan fingerprint density at radius 3 is 2.86 bits per heavy atom. The molecule has 0 bridgehead atoms. The van der Waals surface area contributed by atoms with Gasteiger partial charge in [-0.1, -0.05) is 11.6 Å². The topological polar surface area (TPSA) is 122 Å². The highest BCUT2D eigenvalue weighted by Crippen LogP contribution is 2.38. The number of aliphatic hydroxyl groups is 1. The minimum absolute atomic E-state index is 0.147. The van der Waals surface area contributed by atoms with Crippen LogP contribution in [-0.4, -0.2) is 56.9 Å². The molecule has 0 amide bonds. The van der Waals surface area contributed by atoms with Crippen LogP contribution in [0, 0.1) is 0 Å². The highest BCUT2D eigenvalue weighted by molar-refractivity contribution is 6.36. The summed E-state index contributed by atoms with van der Waals surface area (Å²) in [5.74, 6) is 0.147. The molecule has 11 heteroatoms. The second kappa shape index (κ2) is 7.69. The van der Waals surface area contributed by atoms with Crippen molar-refractivity contribution in [2.24, 2.45) is 0 Å². The van der Waals surface area contributed by atoms with Crippen molar-refractivity contribution < 1.29 is 28.5 Å². The number of aromatic nitrogens is 3. The van der Waals surface area contributed by atoms with E-state index in [0.29, 0.717) is 5.39 Å². The minimum atomic E-state index is -1.78. The van der Waals surface area contributed by atoms with Crippen molar-refractivity contribution in [3.05, 3.63) is 17.5 Å². The Bertz CT molecular complexity index is 875. The number of nitrogens with two attached hydrogens (primary N) is 1. The Hall–Kier alpha value is -2.17. The zero-order chi connectivity index (χ0) is 19.8. The Labute approximate surface area is 164 Å². The fourth-order valence-electron chi connectivity index (χ4n) is 3.74. The highest BCUT2D eigenvalue weighted by atomic mass is 35.5. The van der Waals surface area contributed by atoms with E-state index in [0.717, 1.165) is 25.7 Å². The molecule has 1 saturated heterocycles. The number of anilines is 1. The van der Waals surface area contributed by atoms with Crippen LogP contribution in [0.4, 0.5) is 15.0 Å². The van der Waals surface area contributed by atoms with Crippen LogP contribution in [-0.2, 0) is 14.2 Å². The van der Waals surface area contributed by atoms with Crippen LogP contribution in [0.3, 0.4) is 0 Å². The number of nitrogens with zero attached hydrogens (tertiary/aromatic N) is 3. The lowest BCUT2D eigenvalue weighted by Gasteiger charge is -2.19. The number of alkyl halides is 1. The first-order chi connectivity index (χ1) is 13.5. The number of aliphatic hydroxyl groups excluding tert-OH is 1. The SMILES string of the molecule is Nc1ncnc2c1c(Cl)cn2[C@@H]1O[C@H](CO)C(OC(=O)OC2CCCC2)[C@H]1F. The molecule has 0 radical (unpaired) electrons. The van der Waals surface area contributed by atoms with Crippen LogP contribution < -0.4 is 5.73 Å². The molecule has 2 fully saturated rings. The largest absolute Gasteiger partial charge is 0.509 e. The number of halogens is 2. The van der Waals surface area contributed by atoms with Crippen LogP contribution in [0.5, 0.6) is 0 Å². The van der Waals surface area contributed by atoms with E-state index in [9.17, 15) is 9.90 Å². The number of rotatable bonds is 4. The van der Waals surface area contributed by atoms with Crippen LogP contribution in [0.2, 0.25) is 5.02 Å². The zero-order valence-electron chi connectivity index (χ0n) is 14.8. The summed E-state index contributed by atoms with van der Waals surface area (Å²) in [6.07, 6.45) is -0.466. The summed E-state index contributed by atoms with van der Waals surface area (Å²) >= 11 is 6.18. The van der Waals surface area contributed by atoms with Crippen LogP contribution in [0.25, 0.3) is 11.0 Å². The predicted octanol–water partition coefficient (Wildman–Crippen LogP) is 2.36. The van der Waals surface area contributed by atoms with Crippen molar-refractivity contribution in [2.75, 3.05) is 12.3 Å². The first-order valence-corrected chi connectivity index (χ1v) is 9.41. The first-order valence-electron chi connectivity index (χ1n) is 9.03. The van der Waals surface area contributed by atoms with E-state index in [1.165, 1.54) is 17.1 Å². The molecule has 9 nitrogen and oxygen atoms in total. The van der Waals surface area contributed by atoms with Gasteiger partial charge < -0.3 is 29.6 Å². The van der Waals surface area contributed by atoms with Crippen molar-refractivity contribution in [3.63, 3.8) is 0 Å². The number of carbonyl (C=O) groups excluding carboxylic acids is 1. The summed E-state index contributed by atoms with van der Waals surface area (Å²) in [5.41, 5.74) is 6.09. The molecule has 2 aliphatic rings. The fraction of sp³-hybridized carbons (Fsp3) is 0.588. The standard InChI is InChI=1S/C17H20ClFN4O5/c18-9-5-23(15-11(9)14(20)21-7-22-15)16-12(19)13(10(6-24)27-16)28-17(25)26-8-3-1-2-4-8/h5,7-8,10,12-13,16,24H,1-4,6H2,(H2,20,21,22)/t10-,12-,13?,16-/m1/s1. The van der Waals surface area contributed by atoms with Gasteiger partial charge in [0, 0.05) is 6.20 Å². The van der Waals surface area contributed by atoms with Crippen molar-refractivity contribution in [3.8, 4) is 0 Å². The zero-order valence-corrected chi connectivity index (χ0v) is 15.6. The van der Waals surface area contributed by atoms with Crippen LogP contribution in [0.1, 0.15) is 31.9 Å². The Balaban J connectivity index is 1.55. The molecule has 1 aliphatic heterocycles. The van der Waals surface area contributed by atoms with Gasteiger partial charge in [-0.15, -0.1) is 0 Å². The summed E-state index contributed by atoms with van der Waals surface area (Å²) in [6.45, 7) is -0.539. The van der Waals surface area contributed by atoms with Gasteiger partial charge in [-0.3, -0.25) is 0 Å². The third-order valence-electron chi connectivity index (χ3n) is 5.11. The lowest BCUT2D eigenvalue weighted by Crippen LogP contribution is -2.36. The molecule has 152 valence electrons. The summed E-state index contributed by atoms with van der Waals surface area (Å²) in [5, 5.41) is 10.2. The number of fused-ring (bicyclic) bond motifs is 1. The summed E-state index contributed by atoms with van der Waals surface area (Å²) in [6, 6.07) is 0. The van der Waals surface area contributed by atoms with Gasteiger partial charge in [0.2, 0.25) is 0 Å². The number of hydrogen-bond donors (Lipinski definition) is 2. The smallest absolute Gasteiger partial charge is 0.431 e. The van der Waals surface area contributed by atoms with E-state index in [1.807, 2.05) is 0 Å². The molecular formula is C17H20ClFN4O5. The molecule has 1 saturated carbocycles. The molecule has 2 aromatic rings. The fourth-order valence-corrected chi connectivity index (χ4v) is 4.03. The lowest BCUT2D eigenvalue weighted by molar-refractivity contribution is -0.0600. The molecule has 1 aliphatic carbocycles. The molecule has 0 aromatic carbocycles. The van der Waals surface area contributed by atoms with E-state index in [1.54, 1.807) is 0 Å². The Morgan fingerprint density at radius 1 is 1.39 bits per heavy atom. The summed E-state index contributed by atoms with van der Waals surface area (Å²) < 4.78 is 32.5. The molecule has 1 unspecified atom stereocenters. The van der Waals surface area contributed by atoms with E-state index in [-0.39, 0.29) is 22.6 Å². The first kappa shape index (κ1) is 19.2. The molecular weight excluding hydrogens is 395 g/mol. The second-order valence-electron chi connectivity index (χ2n) is 6.89. The minimum Gasteiger partial charge on any atom is -0.431 e. The third-order valence-corrected chi connectivity index (χ3v) is 5.40. The highest BCUT2D eigenvalue weighted by Gasteiger charge is 2.49. The van der Waals surface area contributed by atoms with Crippen molar-refractivity contribution in [1.29, 1.82) is 0 Å². The van der Waals surface area contributed by atoms with Gasteiger partial charge in [0.1, 0.15) is 30.0 Å². The lowest BCUT2D eigenvalue weighted by atomic mass is 10.1. The molecule has 2 aromatic heterocycles. The Morgan fingerprint density at radius 2 is 2.14 bits per heavy atom. The van der Waals surface area contributed by atoms with Crippen molar-refractivity contribution in [2.45, 2.75) is 56.4 Å². The van der Waals surface area contributed by atoms with E-state index < -0.39 is 37.4 Å². The average Bonchev–Trinajstić information content (AvgIpc) is 3.36. The number of ether oxygens (including phenoxy) is 3. The van der Waals surface area contributed by atoms with Gasteiger partial charge in [-0.2, -0.15) is 0 Å². The van der Waals surface area contributed by atoms with Gasteiger partial charge in [0.25, 0.3) is 0 Å². The monoisotopic (exact) mass is 414 g/mol. The van der Waals surface area contributed by atoms with E-state index >= 15 is 4.39 Å². The quantitative estimate of drug-likeness (QED) is 0.731. The summed E-state index contributed by atoms with van der Waals surface area (Å²) in [7, 11) is 0. The maximum Gasteiger partial charge on any atom is 0.509 e.